The lowest BCUT2D eigenvalue weighted by Crippen LogP contribution is -2.39. The van der Waals surface area contributed by atoms with Gasteiger partial charge in [-0.05, 0) is 37.6 Å². The fraction of sp³-hybridized carbons (Fsp3) is 0.455. The van der Waals surface area contributed by atoms with Gasteiger partial charge in [0.15, 0.2) is 0 Å². The molecule has 0 saturated heterocycles. The first kappa shape index (κ1) is 17.3. The van der Waals surface area contributed by atoms with Crippen LogP contribution in [0.25, 0.3) is 0 Å². The fourth-order valence-electron chi connectivity index (χ4n) is 1.44. The Bertz CT molecular complexity index is 508. The van der Waals surface area contributed by atoms with Crippen LogP contribution in [0.1, 0.15) is 12.5 Å². The molecule has 0 aliphatic heterocycles. The highest BCUT2D eigenvalue weighted by Gasteiger charge is 2.26. The lowest BCUT2D eigenvalue weighted by molar-refractivity contribution is 0.394. The van der Waals surface area contributed by atoms with Crippen LogP contribution in [0.5, 0.6) is 0 Å². The Balaban J connectivity index is 0.00000289. The van der Waals surface area contributed by atoms with E-state index in [1.807, 2.05) is 0 Å². The smallest absolute Gasteiger partial charge is 0.243 e. The molecule has 7 heteroatoms. The van der Waals surface area contributed by atoms with Gasteiger partial charge in [0.1, 0.15) is 5.82 Å². The molecule has 104 valence electrons. The summed E-state index contributed by atoms with van der Waals surface area (Å²) in [4.78, 5) is 0.113. The Kier molecular flexibility index (Phi) is 6.22. The van der Waals surface area contributed by atoms with Gasteiger partial charge < -0.3 is 5.73 Å². The molecule has 1 aromatic carbocycles. The number of hydrogen-bond acceptors (Lipinski definition) is 3. The zero-order chi connectivity index (χ0) is 13.2. The predicted molar refractivity (Wildman–Crippen MR) is 71.9 cm³/mol. The molecule has 0 heterocycles. The van der Waals surface area contributed by atoms with Crippen molar-refractivity contribution in [3.8, 4) is 0 Å². The van der Waals surface area contributed by atoms with Crippen molar-refractivity contribution in [3.63, 3.8) is 0 Å². The van der Waals surface area contributed by atoms with E-state index in [0.29, 0.717) is 5.56 Å². The number of sulfonamides is 1. The van der Waals surface area contributed by atoms with E-state index in [-0.39, 0.29) is 29.9 Å². The van der Waals surface area contributed by atoms with Crippen molar-refractivity contribution in [1.82, 2.24) is 4.31 Å². The third kappa shape index (κ3) is 3.41. The number of hydrogen-bond donors (Lipinski definition) is 1. The van der Waals surface area contributed by atoms with E-state index < -0.39 is 15.8 Å². The third-order valence-electron chi connectivity index (χ3n) is 2.76. The average Bonchev–Trinajstić information content (AvgIpc) is 2.26. The van der Waals surface area contributed by atoms with Gasteiger partial charge in [-0.1, -0.05) is 0 Å². The second kappa shape index (κ2) is 6.47. The summed E-state index contributed by atoms with van der Waals surface area (Å²) in [6.07, 6.45) is 0. The van der Waals surface area contributed by atoms with E-state index in [9.17, 15) is 12.8 Å². The van der Waals surface area contributed by atoms with Crippen LogP contribution in [0.3, 0.4) is 0 Å². The molecule has 1 rings (SSSR count). The molecule has 1 atom stereocenters. The first-order chi connectivity index (χ1) is 7.80. The van der Waals surface area contributed by atoms with Gasteiger partial charge in [0.25, 0.3) is 0 Å². The molecule has 0 spiro atoms. The highest BCUT2D eigenvalue weighted by molar-refractivity contribution is 7.89. The average molecular weight is 297 g/mol. The van der Waals surface area contributed by atoms with Crippen LogP contribution in [0.2, 0.25) is 0 Å². The van der Waals surface area contributed by atoms with Crippen LogP contribution in [-0.2, 0) is 10.0 Å². The first-order valence-corrected chi connectivity index (χ1v) is 6.69. The van der Waals surface area contributed by atoms with Crippen molar-refractivity contribution < 1.29 is 12.8 Å². The summed E-state index contributed by atoms with van der Waals surface area (Å²) in [5, 5.41) is 0. The van der Waals surface area contributed by atoms with Gasteiger partial charge in [-0.3, -0.25) is 0 Å². The lowest BCUT2D eigenvalue weighted by Gasteiger charge is -2.23. The summed E-state index contributed by atoms with van der Waals surface area (Å²) in [6, 6.07) is 3.32. The normalized spacial score (nSPS) is 13.2. The minimum atomic E-state index is -3.61. The largest absolute Gasteiger partial charge is 0.329 e. The van der Waals surface area contributed by atoms with Crippen molar-refractivity contribution in [3.05, 3.63) is 29.6 Å². The third-order valence-corrected chi connectivity index (χ3v) is 4.89. The fourth-order valence-corrected chi connectivity index (χ4v) is 3.02. The molecule has 1 aromatic rings. The van der Waals surface area contributed by atoms with Crippen LogP contribution < -0.4 is 5.73 Å². The number of likely N-dealkylation sites (N-methyl/N-ethyl adjacent to an activating group) is 1. The summed E-state index contributed by atoms with van der Waals surface area (Å²) >= 11 is 0. The lowest BCUT2D eigenvalue weighted by atomic mass is 10.2. The number of benzene rings is 1. The van der Waals surface area contributed by atoms with Crippen LogP contribution in [0.4, 0.5) is 4.39 Å². The zero-order valence-corrected chi connectivity index (χ0v) is 12.2. The molecular formula is C11H18ClFN2O2S. The molecule has 0 aliphatic carbocycles. The van der Waals surface area contributed by atoms with Crippen molar-refractivity contribution in [2.75, 3.05) is 13.6 Å². The van der Waals surface area contributed by atoms with E-state index in [1.54, 1.807) is 13.8 Å². The molecule has 0 radical (unpaired) electrons. The van der Waals surface area contributed by atoms with E-state index in [4.69, 9.17) is 5.73 Å². The molecule has 0 aromatic heterocycles. The summed E-state index contributed by atoms with van der Waals surface area (Å²) in [7, 11) is -2.14. The van der Waals surface area contributed by atoms with Gasteiger partial charge in [0, 0.05) is 19.6 Å². The maximum absolute atomic E-state index is 12.9. The standard InChI is InChI=1S/C11H17FN2O2S.ClH/c1-8-6-10(12)4-5-11(8)17(15,16)14(3)9(2)7-13;/h4-6,9H,7,13H2,1-3H3;1H. The van der Waals surface area contributed by atoms with Crippen LogP contribution in [0, 0.1) is 12.7 Å². The number of aryl methyl sites for hydroxylation is 1. The summed E-state index contributed by atoms with van der Waals surface area (Å²) in [5.74, 6) is -0.448. The van der Waals surface area contributed by atoms with Gasteiger partial charge in [0.2, 0.25) is 10.0 Å². The Morgan fingerprint density at radius 1 is 1.44 bits per heavy atom. The van der Waals surface area contributed by atoms with Gasteiger partial charge in [-0.15, -0.1) is 12.4 Å². The van der Waals surface area contributed by atoms with Crippen molar-refractivity contribution in [1.29, 1.82) is 0 Å². The SMILES string of the molecule is Cc1cc(F)ccc1S(=O)(=O)N(C)C(C)CN.Cl. The van der Waals surface area contributed by atoms with Gasteiger partial charge in [0.05, 0.1) is 4.90 Å². The van der Waals surface area contributed by atoms with Gasteiger partial charge in [-0.25, -0.2) is 12.8 Å². The highest BCUT2D eigenvalue weighted by Crippen LogP contribution is 2.20. The Labute approximate surface area is 113 Å². The van der Waals surface area contributed by atoms with Crippen LogP contribution in [-0.4, -0.2) is 32.4 Å². The van der Waals surface area contributed by atoms with Crippen molar-refractivity contribution >= 4 is 22.4 Å². The zero-order valence-electron chi connectivity index (χ0n) is 10.6. The second-order valence-corrected chi connectivity index (χ2v) is 5.98. The van der Waals surface area contributed by atoms with E-state index in [0.717, 1.165) is 6.07 Å². The Morgan fingerprint density at radius 2 is 2.00 bits per heavy atom. The minimum absolute atomic E-state index is 0. The molecular weight excluding hydrogens is 279 g/mol. The van der Waals surface area contributed by atoms with E-state index >= 15 is 0 Å². The van der Waals surface area contributed by atoms with E-state index in [2.05, 4.69) is 0 Å². The topological polar surface area (TPSA) is 63.4 Å². The van der Waals surface area contributed by atoms with Gasteiger partial charge >= 0.3 is 0 Å². The van der Waals surface area contributed by atoms with Crippen molar-refractivity contribution in [2.24, 2.45) is 5.73 Å². The number of halogens is 2. The predicted octanol–water partition coefficient (Wildman–Crippen LogP) is 1.52. The maximum Gasteiger partial charge on any atom is 0.243 e. The van der Waals surface area contributed by atoms with E-state index in [1.165, 1.54) is 23.5 Å². The summed E-state index contributed by atoms with van der Waals surface area (Å²) < 4.78 is 38.6. The molecule has 0 saturated carbocycles. The van der Waals surface area contributed by atoms with Crippen molar-refractivity contribution in [2.45, 2.75) is 24.8 Å². The quantitative estimate of drug-likeness (QED) is 0.916. The maximum atomic E-state index is 12.9. The number of nitrogens with zero attached hydrogens (tertiary/aromatic N) is 1. The Hall–Kier alpha value is -0.690. The first-order valence-electron chi connectivity index (χ1n) is 5.25. The molecule has 0 aliphatic rings. The number of rotatable bonds is 4. The monoisotopic (exact) mass is 296 g/mol. The van der Waals surface area contributed by atoms with Crippen LogP contribution >= 0.6 is 12.4 Å². The summed E-state index contributed by atoms with van der Waals surface area (Å²) in [6.45, 7) is 3.52. The molecule has 0 bridgehead atoms. The molecule has 1 unspecified atom stereocenters. The molecule has 2 N–H and O–H groups in total. The number of nitrogens with two attached hydrogens (primary N) is 1. The Morgan fingerprint density at radius 3 is 2.44 bits per heavy atom. The molecule has 0 amide bonds. The molecule has 0 fully saturated rings. The van der Waals surface area contributed by atoms with Gasteiger partial charge in [-0.2, -0.15) is 4.31 Å². The highest BCUT2D eigenvalue weighted by atomic mass is 35.5. The second-order valence-electron chi connectivity index (χ2n) is 4.02. The van der Waals surface area contributed by atoms with Crippen LogP contribution in [0.15, 0.2) is 23.1 Å². The molecule has 4 nitrogen and oxygen atoms in total. The summed E-state index contributed by atoms with van der Waals surface area (Å²) in [5.41, 5.74) is 5.83. The molecule has 18 heavy (non-hydrogen) atoms. The minimum Gasteiger partial charge on any atom is -0.329 e.